The van der Waals surface area contributed by atoms with Gasteiger partial charge in [0.2, 0.25) is 0 Å². The average molecular weight is 301 g/mol. The van der Waals surface area contributed by atoms with Gasteiger partial charge in [0.25, 0.3) is 0 Å². The number of benzene rings is 2. The molecule has 22 heavy (non-hydrogen) atoms. The molecule has 0 aliphatic carbocycles. The highest BCUT2D eigenvalue weighted by Gasteiger charge is 2.31. The summed E-state index contributed by atoms with van der Waals surface area (Å²) in [5.41, 5.74) is 6.73. The highest BCUT2D eigenvalue weighted by Crippen LogP contribution is 2.18. The number of carbonyl (C=O) groups excluding carboxylic acids is 1. The topological polar surface area (TPSA) is 61.5 Å². The van der Waals surface area contributed by atoms with Gasteiger partial charge >= 0.3 is 5.97 Å². The van der Waals surface area contributed by atoms with Crippen molar-refractivity contribution in [1.29, 1.82) is 0 Å². The zero-order chi connectivity index (χ0) is 16.4. The first-order valence-electron chi connectivity index (χ1n) is 6.98. The molecule has 2 rings (SSSR count). The van der Waals surface area contributed by atoms with Crippen LogP contribution in [-0.2, 0) is 26.4 Å². The molecule has 0 bridgehead atoms. The Hall–Kier alpha value is -2.17. The van der Waals surface area contributed by atoms with E-state index in [9.17, 15) is 4.79 Å². The van der Waals surface area contributed by atoms with E-state index < -0.39 is 11.5 Å². The molecule has 4 heteroatoms. The third-order valence-electron chi connectivity index (χ3n) is 3.14. The lowest BCUT2D eigenvalue weighted by atomic mass is 9.94. The van der Waals surface area contributed by atoms with Crippen molar-refractivity contribution in [2.75, 3.05) is 14.2 Å². The number of methoxy groups -OCH3 is 2. The number of carbonyl (C=O) groups is 1. The minimum Gasteiger partial charge on any atom is -0.467 e. The summed E-state index contributed by atoms with van der Waals surface area (Å²) in [7, 11) is 3.03. The van der Waals surface area contributed by atoms with Gasteiger partial charge < -0.3 is 15.2 Å². The largest absolute Gasteiger partial charge is 0.467 e. The zero-order valence-electron chi connectivity index (χ0n) is 13.3. The first-order valence-corrected chi connectivity index (χ1v) is 6.98. The van der Waals surface area contributed by atoms with Gasteiger partial charge in [0.15, 0.2) is 0 Å². The molecule has 0 amide bonds. The van der Waals surface area contributed by atoms with E-state index in [2.05, 4.69) is 4.74 Å². The maximum absolute atomic E-state index is 11.3. The molecule has 2 aromatic rings. The Bertz CT molecular complexity index is 553. The summed E-state index contributed by atoms with van der Waals surface area (Å²) in [6, 6.07) is 19.3. The summed E-state index contributed by atoms with van der Waals surface area (Å²) >= 11 is 0. The lowest BCUT2D eigenvalue weighted by Gasteiger charge is -2.21. The van der Waals surface area contributed by atoms with Crippen LogP contribution >= 0.6 is 0 Å². The molecule has 1 unspecified atom stereocenters. The highest BCUT2D eigenvalue weighted by atomic mass is 16.5. The van der Waals surface area contributed by atoms with Gasteiger partial charge in [0.05, 0.1) is 13.7 Å². The monoisotopic (exact) mass is 301 g/mol. The predicted molar refractivity (Wildman–Crippen MR) is 87.2 cm³/mol. The van der Waals surface area contributed by atoms with Gasteiger partial charge in [-0.05, 0) is 18.1 Å². The van der Waals surface area contributed by atoms with Crippen molar-refractivity contribution in [3.05, 3.63) is 71.8 Å². The van der Waals surface area contributed by atoms with E-state index in [4.69, 9.17) is 10.5 Å². The van der Waals surface area contributed by atoms with E-state index in [-0.39, 0.29) is 0 Å². The van der Waals surface area contributed by atoms with Crippen molar-refractivity contribution in [2.45, 2.75) is 19.1 Å². The Morgan fingerprint density at radius 2 is 1.50 bits per heavy atom. The maximum atomic E-state index is 11.3. The minimum atomic E-state index is -1.06. The van der Waals surface area contributed by atoms with Gasteiger partial charge in [-0.3, -0.25) is 0 Å². The fourth-order valence-electron chi connectivity index (χ4n) is 1.86. The molecule has 4 nitrogen and oxygen atoms in total. The number of rotatable bonds is 4. The lowest BCUT2D eigenvalue weighted by molar-refractivity contribution is -0.146. The van der Waals surface area contributed by atoms with Crippen molar-refractivity contribution >= 4 is 5.97 Å². The maximum Gasteiger partial charge on any atom is 0.330 e. The third kappa shape index (κ3) is 5.31. The number of esters is 1. The van der Waals surface area contributed by atoms with Gasteiger partial charge in [0.1, 0.15) is 5.54 Å². The molecule has 1 atom stereocenters. The smallest absolute Gasteiger partial charge is 0.330 e. The van der Waals surface area contributed by atoms with E-state index in [0.717, 1.165) is 5.56 Å². The van der Waals surface area contributed by atoms with Crippen molar-refractivity contribution in [2.24, 2.45) is 5.73 Å². The molecule has 0 aromatic heterocycles. The van der Waals surface area contributed by atoms with Gasteiger partial charge in [-0.15, -0.1) is 0 Å². The van der Waals surface area contributed by atoms with Gasteiger partial charge in [-0.25, -0.2) is 4.79 Å². The molecule has 2 aromatic carbocycles. The summed E-state index contributed by atoms with van der Waals surface area (Å²) in [5, 5.41) is 0. The van der Waals surface area contributed by atoms with E-state index in [1.807, 2.05) is 48.5 Å². The molecule has 0 fully saturated rings. The van der Waals surface area contributed by atoms with Crippen LogP contribution in [0.4, 0.5) is 0 Å². The summed E-state index contributed by atoms with van der Waals surface area (Å²) < 4.78 is 9.53. The standard InChI is InChI=1S/C10H13NO2.C8H10O/c1-10(11,9(12)13-2)8-6-4-3-5-7-8;1-9-7-8-5-3-2-4-6-8/h3-7H,11H2,1-2H3;2-6H,7H2,1H3. The lowest BCUT2D eigenvalue weighted by Crippen LogP contribution is -2.42. The number of nitrogens with two attached hydrogens (primary N) is 1. The molecule has 0 aliphatic heterocycles. The fraction of sp³-hybridized carbons (Fsp3) is 0.278. The van der Waals surface area contributed by atoms with E-state index in [0.29, 0.717) is 6.61 Å². The molecule has 0 spiro atoms. The van der Waals surface area contributed by atoms with E-state index >= 15 is 0 Å². The average Bonchev–Trinajstić information content (AvgIpc) is 2.56. The van der Waals surface area contributed by atoms with Crippen LogP contribution in [-0.4, -0.2) is 20.2 Å². The Kier molecular flexibility index (Phi) is 7.29. The van der Waals surface area contributed by atoms with Crippen molar-refractivity contribution < 1.29 is 14.3 Å². The van der Waals surface area contributed by atoms with Crippen molar-refractivity contribution in [3.63, 3.8) is 0 Å². The second-order valence-electron chi connectivity index (χ2n) is 4.98. The van der Waals surface area contributed by atoms with Gasteiger partial charge in [0, 0.05) is 7.11 Å². The first-order chi connectivity index (χ1) is 10.5. The second-order valence-corrected chi connectivity index (χ2v) is 4.98. The first kappa shape index (κ1) is 17.9. The minimum absolute atomic E-state index is 0.432. The number of ether oxygens (including phenoxy) is 2. The van der Waals surface area contributed by atoms with Crippen LogP contribution in [0, 0.1) is 0 Å². The highest BCUT2D eigenvalue weighted by molar-refractivity contribution is 5.81. The quantitative estimate of drug-likeness (QED) is 0.882. The Labute approximate surface area is 131 Å². The molecule has 0 aliphatic rings. The van der Waals surface area contributed by atoms with E-state index in [1.54, 1.807) is 26.2 Å². The summed E-state index contributed by atoms with van der Waals surface area (Å²) in [6.45, 7) is 2.34. The van der Waals surface area contributed by atoms with Crippen LogP contribution in [0.25, 0.3) is 0 Å². The predicted octanol–water partition coefficient (Wildman–Crippen LogP) is 2.87. The summed E-state index contributed by atoms with van der Waals surface area (Å²) in [6.07, 6.45) is 0. The normalized spacial score (nSPS) is 12.5. The van der Waals surface area contributed by atoms with Crippen LogP contribution < -0.4 is 5.73 Å². The second kappa shape index (κ2) is 8.97. The molecule has 0 heterocycles. The molecular formula is C18H23NO3. The van der Waals surface area contributed by atoms with Crippen molar-refractivity contribution in [3.8, 4) is 0 Å². The third-order valence-corrected chi connectivity index (χ3v) is 3.14. The van der Waals surface area contributed by atoms with Gasteiger partial charge in [-0.1, -0.05) is 60.7 Å². The Morgan fingerprint density at radius 1 is 1.00 bits per heavy atom. The van der Waals surface area contributed by atoms with Crippen LogP contribution in [0.5, 0.6) is 0 Å². The van der Waals surface area contributed by atoms with Crippen LogP contribution in [0.2, 0.25) is 0 Å². The number of hydrogen-bond donors (Lipinski definition) is 1. The Morgan fingerprint density at radius 3 is 1.95 bits per heavy atom. The zero-order valence-corrected chi connectivity index (χ0v) is 13.3. The molecule has 0 radical (unpaired) electrons. The molecule has 0 saturated carbocycles. The molecule has 118 valence electrons. The van der Waals surface area contributed by atoms with E-state index in [1.165, 1.54) is 12.7 Å². The fourth-order valence-corrected chi connectivity index (χ4v) is 1.86. The van der Waals surface area contributed by atoms with Crippen LogP contribution in [0.15, 0.2) is 60.7 Å². The van der Waals surface area contributed by atoms with Crippen molar-refractivity contribution in [1.82, 2.24) is 0 Å². The van der Waals surface area contributed by atoms with Crippen LogP contribution in [0.1, 0.15) is 18.1 Å². The van der Waals surface area contributed by atoms with Gasteiger partial charge in [-0.2, -0.15) is 0 Å². The van der Waals surface area contributed by atoms with Crippen LogP contribution in [0.3, 0.4) is 0 Å². The molecule has 2 N–H and O–H groups in total. The summed E-state index contributed by atoms with van der Waals surface area (Å²) in [4.78, 5) is 11.3. The molecular weight excluding hydrogens is 278 g/mol. The molecule has 0 saturated heterocycles. The number of hydrogen-bond acceptors (Lipinski definition) is 4. The SMILES string of the molecule is COC(=O)C(C)(N)c1ccccc1.COCc1ccccc1. The summed E-state index contributed by atoms with van der Waals surface area (Å²) in [5.74, 6) is -0.432. The Balaban J connectivity index is 0.000000235.